The fourth-order valence-corrected chi connectivity index (χ4v) is 3.34. The summed E-state index contributed by atoms with van der Waals surface area (Å²) in [6.45, 7) is 14.0. The van der Waals surface area contributed by atoms with Gasteiger partial charge >= 0.3 is 5.97 Å². The van der Waals surface area contributed by atoms with Gasteiger partial charge in [-0.25, -0.2) is 0 Å². The van der Waals surface area contributed by atoms with Crippen molar-refractivity contribution in [2.75, 3.05) is 0 Å². The number of carboxylic acid groups (broad SMARTS) is 1. The van der Waals surface area contributed by atoms with Crippen LogP contribution in [0.3, 0.4) is 0 Å². The summed E-state index contributed by atoms with van der Waals surface area (Å²) in [5.74, 6) is 0.416. The van der Waals surface area contributed by atoms with Crippen LogP contribution in [-0.4, -0.2) is 16.9 Å². The Morgan fingerprint density at radius 2 is 1.52 bits per heavy atom. The van der Waals surface area contributed by atoms with Crippen molar-refractivity contribution < 1.29 is 14.7 Å². The summed E-state index contributed by atoms with van der Waals surface area (Å²) < 4.78 is 0. The van der Waals surface area contributed by atoms with Gasteiger partial charge in [0.1, 0.15) is 5.78 Å². The van der Waals surface area contributed by atoms with Crippen molar-refractivity contribution in [2.45, 2.75) is 93.4 Å². The van der Waals surface area contributed by atoms with Crippen LogP contribution in [0.25, 0.3) is 0 Å². The molecule has 0 aromatic heterocycles. The molecule has 0 radical (unpaired) electrons. The molecule has 1 aliphatic rings. The molecule has 0 bridgehead atoms. The number of rotatable bonds is 4. The minimum Gasteiger partial charge on any atom is -0.481 e. The van der Waals surface area contributed by atoms with E-state index in [1.54, 1.807) is 6.92 Å². The fourth-order valence-electron chi connectivity index (χ4n) is 3.34. The van der Waals surface area contributed by atoms with Crippen molar-refractivity contribution >= 4 is 11.8 Å². The molecule has 1 fully saturated rings. The average molecular weight is 377 g/mol. The van der Waals surface area contributed by atoms with Crippen LogP contribution in [0.1, 0.15) is 89.8 Å². The number of carbonyl (C=O) groups is 2. The van der Waals surface area contributed by atoms with Crippen LogP contribution in [0, 0.1) is 25.2 Å². The lowest BCUT2D eigenvalue weighted by atomic mass is 9.71. The summed E-state index contributed by atoms with van der Waals surface area (Å²) in [6.07, 6.45) is 6.94. The largest absolute Gasteiger partial charge is 0.481 e. The van der Waals surface area contributed by atoms with Gasteiger partial charge in [-0.1, -0.05) is 45.4 Å². The number of ketones is 1. The van der Waals surface area contributed by atoms with E-state index in [4.69, 9.17) is 5.11 Å². The van der Waals surface area contributed by atoms with Crippen molar-refractivity contribution in [2.24, 2.45) is 11.3 Å². The van der Waals surface area contributed by atoms with Gasteiger partial charge in [0.05, 0.1) is 5.41 Å². The number of aryl methyl sites for hydroxylation is 2. The Bertz CT molecular complexity index is 561. The highest BCUT2D eigenvalue weighted by molar-refractivity contribution is 5.75. The second-order valence-corrected chi connectivity index (χ2v) is 8.00. The molecule has 2 rings (SSSR count). The molecule has 0 unspecified atom stereocenters. The molecule has 0 heterocycles. The molecular weight excluding hydrogens is 336 g/mol. The Kier molecular flexibility index (Phi) is 11.9. The first-order valence-corrected chi connectivity index (χ1v) is 10.4. The first-order chi connectivity index (χ1) is 12.6. The molecule has 1 aromatic rings. The molecule has 0 atom stereocenters. The Morgan fingerprint density at radius 3 is 1.78 bits per heavy atom. The van der Waals surface area contributed by atoms with E-state index in [1.807, 2.05) is 13.8 Å². The third-order valence-corrected chi connectivity index (χ3v) is 5.80. The standard InChI is InChI=1S/C10H18O2.C10H14.C4H8O/c1-3-8-4-6-10(2,7-5-8)9(11)12;1-4-10-8(2)6-5-7-9(10)3;1-3-4(2)5/h8H,3-7H2,1-2H3,(H,11,12);5-7H,4H2,1-3H3;3H2,1-2H3. The number of hydrogen-bond donors (Lipinski definition) is 1. The summed E-state index contributed by atoms with van der Waals surface area (Å²) in [6, 6.07) is 6.46. The van der Waals surface area contributed by atoms with Crippen LogP contribution >= 0.6 is 0 Å². The minimum absolute atomic E-state index is 0.255. The zero-order valence-corrected chi connectivity index (χ0v) is 18.5. The lowest BCUT2D eigenvalue weighted by molar-refractivity contribution is -0.150. The first-order valence-electron chi connectivity index (χ1n) is 10.4. The van der Waals surface area contributed by atoms with Gasteiger partial charge in [0.15, 0.2) is 0 Å². The van der Waals surface area contributed by atoms with Gasteiger partial charge in [0.2, 0.25) is 0 Å². The summed E-state index contributed by atoms with van der Waals surface area (Å²) in [5.41, 5.74) is 3.92. The van der Waals surface area contributed by atoms with E-state index in [2.05, 4.69) is 45.9 Å². The fraction of sp³-hybridized carbons (Fsp3) is 0.667. The van der Waals surface area contributed by atoms with Crippen LogP contribution < -0.4 is 0 Å². The van der Waals surface area contributed by atoms with E-state index in [9.17, 15) is 9.59 Å². The molecule has 0 saturated heterocycles. The summed E-state index contributed by atoms with van der Waals surface area (Å²) in [4.78, 5) is 20.7. The molecule has 1 saturated carbocycles. The molecule has 1 aromatic carbocycles. The normalized spacial score (nSPS) is 21.2. The van der Waals surface area contributed by atoms with Crippen molar-refractivity contribution in [1.29, 1.82) is 0 Å². The molecular formula is C24H40O3. The molecule has 0 aliphatic heterocycles. The Hall–Kier alpha value is -1.64. The lowest BCUT2D eigenvalue weighted by Gasteiger charge is -2.33. The molecule has 3 nitrogen and oxygen atoms in total. The van der Waals surface area contributed by atoms with E-state index in [0.29, 0.717) is 6.42 Å². The number of hydrogen-bond acceptors (Lipinski definition) is 2. The topological polar surface area (TPSA) is 54.4 Å². The molecule has 0 spiro atoms. The SMILES string of the molecule is CCC(C)=O.CCC1CCC(C)(C(=O)O)CC1.CCc1c(C)cccc1C. The first kappa shape index (κ1) is 25.4. The zero-order valence-electron chi connectivity index (χ0n) is 18.5. The van der Waals surface area contributed by atoms with Gasteiger partial charge in [-0.05, 0) is 82.4 Å². The maximum absolute atomic E-state index is 10.9. The van der Waals surface area contributed by atoms with Crippen LogP contribution in [0.2, 0.25) is 0 Å². The number of Topliss-reactive ketones (excluding diaryl/α,β-unsaturated/α-hetero) is 1. The Labute approximate surface area is 166 Å². The van der Waals surface area contributed by atoms with Gasteiger partial charge in [-0.2, -0.15) is 0 Å². The molecule has 1 aliphatic carbocycles. The van der Waals surface area contributed by atoms with E-state index >= 15 is 0 Å². The highest BCUT2D eigenvalue weighted by Gasteiger charge is 2.36. The van der Waals surface area contributed by atoms with Crippen molar-refractivity contribution in [3.63, 3.8) is 0 Å². The monoisotopic (exact) mass is 376 g/mol. The highest BCUT2D eigenvalue weighted by Crippen LogP contribution is 2.39. The molecule has 0 amide bonds. The highest BCUT2D eigenvalue weighted by atomic mass is 16.4. The predicted octanol–water partition coefficient (Wildman–Crippen LogP) is 6.53. The summed E-state index contributed by atoms with van der Waals surface area (Å²) >= 11 is 0. The third-order valence-electron chi connectivity index (χ3n) is 5.80. The minimum atomic E-state index is -0.614. The number of carboxylic acids is 1. The molecule has 1 N–H and O–H groups in total. The summed E-state index contributed by atoms with van der Waals surface area (Å²) in [5, 5.41) is 8.96. The average Bonchev–Trinajstić information content (AvgIpc) is 2.63. The van der Waals surface area contributed by atoms with E-state index in [-0.39, 0.29) is 5.78 Å². The van der Waals surface area contributed by atoms with Gasteiger partial charge in [0, 0.05) is 6.42 Å². The number of benzene rings is 1. The van der Waals surface area contributed by atoms with E-state index in [0.717, 1.165) is 38.0 Å². The van der Waals surface area contributed by atoms with Crippen molar-refractivity contribution in [3.8, 4) is 0 Å². The smallest absolute Gasteiger partial charge is 0.309 e. The summed E-state index contributed by atoms with van der Waals surface area (Å²) in [7, 11) is 0. The maximum Gasteiger partial charge on any atom is 0.309 e. The van der Waals surface area contributed by atoms with Crippen LogP contribution in [-0.2, 0) is 16.0 Å². The van der Waals surface area contributed by atoms with Crippen molar-refractivity contribution in [1.82, 2.24) is 0 Å². The van der Waals surface area contributed by atoms with Crippen LogP contribution in [0.5, 0.6) is 0 Å². The number of aliphatic carboxylic acids is 1. The van der Waals surface area contributed by atoms with E-state index < -0.39 is 11.4 Å². The van der Waals surface area contributed by atoms with Gasteiger partial charge < -0.3 is 9.90 Å². The third kappa shape index (κ3) is 9.21. The second kappa shape index (κ2) is 12.7. The lowest BCUT2D eigenvalue weighted by Crippen LogP contribution is -2.32. The van der Waals surface area contributed by atoms with Crippen LogP contribution in [0.4, 0.5) is 0 Å². The van der Waals surface area contributed by atoms with E-state index in [1.165, 1.54) is 23.1 Å². The quantitative estimate of drug-likeness (QED) is 0.650. The molecule has 27 heavy (non-hydrogen) atoms. The molecule has 154 valence electrons. The van der Waals surface area contributed by atoms with Gasteiger partial charge in [0.25, 0.3) is 0 Å². The Balaban J connectivity index is 0.000000408. The zero-order chi connectivity index (χ0) is 21.0. The Morgan fingerprint density at radius 1 is 1.07 bits per heavy atom. The maximum atomic E-state index is 10.9. The number of carbonyl (C=O) groups excluding carboxylic acids is 1. The predicted molar refractivity (Wildman–Crippen MR) is 114 cm³/mol. The van der Waals surface area contributed by atoms with Gasteiger partial charge in [-0.3, -0.25) is 4.79 Å². The van der Waals surface area contributed by atoms with Crippen LogP contribution in [0.15, 0.2) is 18.2 Å². The molecule has 3 heteroatoms. The van der Waals surface area contributed by atoms with Gasteiger partial charge in [-0.15, -0.1) is 0 Å². The second-order valence-electron chi connectivity index (χ2n) is 8.00. The van der Waals surface area contributed by atoms with Crippen molar-refractivity contribution in [3.05, 3.63) is 34.9 Å².